The average Bonchev–Trinajstić information content (AvgIpc) is 3.02. The maximum absolute atomic E-state index is 12.8. The predicted octanol–water partition coefficient (Wildman–Crippen LogP) is 3.44. The second-order valence-electron chi connectivity index (χ2n) is 7.46. The Bertz CT molecular complexity index is 808. The van der Waals surface area contributed by atoms with Crippen LogP contribution in [0.1, 0.15) is 44.1 Å². The van der Waals surface area contributed by atoms with E-state index in [9.17, 15) is 14.7 Å². The van der Waals surface area contributed by atoms with Gasteiger partial charge in [-0.25, -0.2) is 0 Å². The first-order valence-electron chi connectivity index (χ1n) is 10.3. The van der Waals surface area contributed by atoms with Crippen LogP contribution < -0.4 is 4.74 Å². The van der Waals surface area contributed by atoms with Gasteiger partial charge in [0.05, 0.1) is 12.0 Å². The van der Waals surface area contributed by atoms with Gasteiger partial charge in [0.2, 0.25) is 5.91 Å². The number of thiocarbonyl (C=S) groups is 1. The molecule has 2 fully saturated rings. The molecule has 30 heavy (non-hydrogen) atoms. The summed E-state index contributed by atoms with van der Waals surface area (Å²) in [6.45, 7) is 1.30. The first-order valence-corrected chi connectivity index (χ1v) is 11.6. The number of carbonyl (C=O) groups is 2. The van der Waals surface area contributed by atoms with Crippen LogP contribution in [0.3, 0.4) is 0 Å². The van der Waals surface area contributed by atoms with Crippen molar-refractivity contribution in [3.63, 3.8) is 0 Å². The lowest BCUT2D eigenvalue weighted by atomic mass is 9.99. The van der Waals surface area contributed by atoms with Gasteiger partial charge in [0.15, 0.2) is 0 Å². The van der Waals surface area contributed by atoms with E-state index in [-0.39, 0.29) is 24.5 Å². The first-order chi connectivity index (χ1) is 14.5. The summed E-state index contributed by atoms with van der Waals surface area (Å²) in [5.41, 5.74) is 0.909. The molecule has 1 atom stereocenters. The van der Waals surface area contributed by atoms with Crippen LogP contribution in [0.5, 0.6) is 5.75 Å². The number of carbonyl (C=O) groups excluding carboxylic acids is 2. The molecule has 0 bridgehead atoms. The van der Waals surface area contributed by atoms with E-state index >= 15 is 0 Å². The van der Waals surface area contributed by atoms with Crippen molar-refractivity contribution in [2.45, 2.75) is 44.6 Å². The lowest BCUT2D eigenvalue weighted by Crippen LogP contribution is -2.44. The lowest BCUT2D eigenvalue weighted by Gasteiger charge is -2.35. The fourth-order valence-electron chi connectivity index (χ4n) is 3.85. The lowest BCUT2D eigenvalue weighted by molar-refractivity contribution is -0.135. The highest BCUT2D eigenvalue weighted by molar-refractivity contribution is 8.26. The summed E-state index contributed by atoms with van der Waals surface area (Å²) < 4.78 is 5.69. The van der Waals surface area contributed by atoms with Gasteiger partial charge in [-0.1, -0.05) is 36.1 Å². The molecule has 6 nitrogen and oxygen atoms in total. The van der Waals surface area contributed by atoms with Crippen molar-refractivity contribution < 1.29 is 19.4 Å². The second kappa shape index (κ2) is 10.9. The average molecular weight is 449 g/mol. The number of hydrogen-bond acceptors (Lipinski definition) is 6. The molecule has 0 spiro atoms. The maximum Gasteiger partial charge on any atom is 0.266 e. The molecule has 1 aromatic carbocycles. The molecule has 1 N–H and O–H groups in total. The van der Waals surface area contributed by atoms with E-state index in [1.807, 2.05) is 35.2 Å². The third-order valence-corrected chi connectivity index (χ3v) is 6.85. The highest BCUT2D eigenvalue weighted by Gasteiger charge is 2.32. The Morgan fingerprint density at radius 3 is 2.80 bits per heavy atom. The van der Waals surface area contributed by atoms with Crippen molar-refractivity contribution in [3.05, 3.63) is 34.7 Å². The molecule has 2 amide bonds. The zero-order valence-electron chi connectivity index (χ0n) is 17.2. The fourth-order valence-corrected chi connectivity index (χ4v) is 5.16. The summed E-state index contributed by atoms with van der Waals surface area (Å²) in [6, 6.07) is 7.63. The second-order valence-corrected chi connectivity index (χ2v) is 9.13. The Balaban J connectivity index is 1.54. The number of ether oxygens (including phenoxy) is 1. The summed E-state index contributed by atoms with van der Waals surface area (Å²) in [4.78, 5) is 29.5. The zero-order valence-corrected chi connectivity index (χ0v) is 18.8. The van der Waals surface area contributed by atoms with E-state index in [2.05, 4.69) is 0 Å². The Kier molecular flexibility index (Phi) is 8.30. The standard InChI is InChI=1S/C22H28N2O4S2/c1-28-18-9-7-16(8-10-18)15-19-21(27)24(22(29)30-19)13-4-6-20(26)23-12-3-2-5-17(23)11-14-25/h7-10,15,17,25H,2-6,11-14H2,1H3/b19-15-/t17-/m0/s1. The van der Waals surface area contributed by atoms with E-state index < -0.39 is 0 Å². The minimum absolute atomic E-state index is 0.103. The Morgan fingerprint density at radius 1 is 1.33 bits per heavy atom. The minimum Gasteiger partial charge on any atom is -0.497 e. The van der Waals surface area contributed by atoms with Crippen LogP contribution in [0.15, 0.2) is 29.2 Å². The third-order valence-electron chi connectivity index (χ3n) is 5.47. The molecule has 0 radical (unpaired) electrons. The molecule has 0 aliphatic carbocycles. The molecule has 2 heterocycles. The maximum atomic E-state index is 12.8. The molecule has 2 aliphatic heterocycles. The Labute approximate surface area is 187 Å². The SMILES string of the molecule is COc1ccc(/C=C2\SC(=S)N(CCCC(=O)N3CCCC[C@H]3CCO)C2=O)cc1. The molecular weight excluding hydrogens is 420 g/mol. The van der Waals surface area contributed by atoms with Crippen molar-refractivity contribution in [3.8, 4) is 5.75 Å². The van der Waals surface area contributed by atoms with Crippen molar-refractivity contribution in [1.29, 1.82) is 0 Å². The highest BCUT2D eigenvalue weighted by atomic mass is 32.2. The smallest absolute Gasteiger partial charge is 0.266 e. The number of nitrogens with zero attached hydrogens (tertiary/aromatic N) is 2. The molecule has 3 rings (SSSR count). The van der Waals surface area contributed by atoms with Crippen molar-refractivity contribution >= 4 is 46.2 Å². The third kappa shape index (κ3) is 5.62. The molecule has 1 aromatic rings. The Hall–Kier alpha value is -1.90. The van der Waals surface area contributed by atoms with E-state index in [1.54, 1.807) is 12.0 Å². The van der Waals surface area contributed by atoms with Gasteiger partial charge in [0, 0.05) is 32.2 Å². The van der Waals surface area contributed by atoms with Crippen LogP contribution >= 0.6 is 24.0 Å². The molecule has 8 heteroatoms. The van der Waals surface area contributed by atoms with E-state index in [0.29, 0.717) is 35.0 Å². The van der Waals surface area contributed by atoms with Gasteiger partial charge >= 0.3 is 0 Å². The van der Waals surface area contributed by atoms with Crippen molar-refractivity contribution in [1.82, 2.24) is 9.80 Å². The van der Waals surface area contributed by atoms with Crippen molar-refractivity contribution in [2.75, 3.05) is 26.8 Å². The van der Waals surface area contributed by atoms with Crippen LogP contribution in [-0.2, 0) is 9.59 Å². The quantitative estimate of drug-likeness (QED) is 0.485. The molecular formula is C22H28N2O4S2. The molecule has 0 saturated carbocycles. The van der Waals surface area contributed by atoms with Crippen LogP contribution in [0.25, 0.3) is 6.08 Å². The van der Waals surface area contributed by atoms with E-state index in [0.717, 1.165) is 37.1 Å². The number of aliphatic hydroxyl groups is 1. The molecule has 2 aliphatic rings. The molecule has 162 valence electrons. The van der Waals surface area contributed by atoms with Gasteiger partial charge in [-0.2, -0.15) is 0 Å². The van der Waals surface area contributed by atoms with Crippen LogP contribution in [-0.4, -0.2) is 63.9 Å². The molecule has 0 unspecified atom stereocenters. The number of benzene rings is 1. The highest BCUT2D eigenvalue weighted by Crippen LogP contribution is 2.33. The minimum atomic E-state index is -0.107. The number of piperidine rings is 1. The van der Waals surface area contributed by atoms with Gasteiger partial charge in [0.1, 0.15) is 10.1 Å². The van der Waals surface area contributed by atoms with Crippen LogP contribution in [0.4, 0.5) is 0 Å². The number of hydrogen-bond donors (Lipinski definition) is 1. The van der Waals surface area contributed by atoms with Crippen molar-refractivity contribution in [2.24, 2.45) is 0 Å². The largest absolute Gasteiger partial charge is 0.497 e. The van der Waals surface area contributed by atoms with E-state index in [4.69, 9.17) is 17.0 Å². The fraction of sp³-hybridized carbons (Fsp3) is 0.500. The molecule has 2 saturated heterocycles. The summed E-state index contributed by atoms with van der Waals surface area (Å²) >= 11 is 6.69. The summed E-state index contributed by atoms with van der Waals surface area (Å²) in [5, 5.41) is 9.24. The van der Waals surface area contributed by atoms with E-state index in [1.165, 1.54) is 11.8 Å². The summed E-state index contributed by atoms with van der Waals surface area (Å²) in [5.74, 6) is 0.760. The number of likely N-dealkylation sites (tertiary alicyclic amines) is 1. The van der Waals surface area contributed by atoms with Crippen LogP contribution in [0, 0.1) is 0 Å². The predicted molar refractivity (Wildman–Crippen MR) is 123 cm³/mol. The number of aliphatic hydroxyl groups excluding tert-OH is 1. The first kappa shape index (κ1) is 22.8. The van der Waals surface area contributed by atoms with Gasteiger partial charge < -0.3 is 14.7 Å². The van der Waals surface area contributed by atoms with Gasteiger partial charge in [-0.15, -0.1) is 0 Å². The van der Waals surface area contributed by atoms with Gasteiger partial charge in [-0.05, 0) is 55.9 Å². The number of thioether (sulfide) groups is 1. The Morgan fingerprint density at radius 2 is 2.10 bits per heavy atom. The molecule has 0 aromatic heterocycles. The van der Waals surface area contributed by atoms with Gasteiger partial charge in [0.25, 0.3) is 5.91 Å². The normalized spacial score (nSPS) is 20.9. The monoisotopic (exact) mass is 448 g/mol. The topological polar surface area (TPSA) is 70.1 Å². The summed E-state index contributed by atoms with van der Waals surface area (Å²) in [7, 11) is 1.61. The summed E-state index contributed by atoms with van der Waals surface area (Å²) in [6.07, 6.45) is 6.49. The number of amides is 2. The van der Waals surface area contributed by atoms with Crippen LogP contribution in [0.2, 0.25) is 0 Å². The number of rotatable bonds is 8. The number of methoxy groups -OCH3 is 1. The van der Waals surface area contributed by atoms with Gasteiger partial charge in [-0.3, -0.25) is 14.5 Å². The zero-order chi connectivity index (χ0) is 21.5.